The number of rotatable bonds is 3. The third-order valence-corrected chi connectivity index (χ3v) is 4.79. The molecule has 1 unspecified atom stereocenters. The van der Waals surface area contributed by atoms with Crippen molar-refractivity contribution in [2.45, 2.75) is 44.2 Å². The highest BCUT2D eigenvalue weighted by Gasteiger charge is 2.42. The van der Waals surface area contributed by atoms with Crippen LogP contribution in [0.15, 0.2) is 18.2 Å². The Morgan fingerprint density at radius 2 is 2.14 bits per heavy atom. The summed E-state index contributed by atoms with van der Waals surface area (Å²) in [5.41, 5.74) is 0.899. The number of halogens is 1. The predicted octanol–water partition coefficient (Wildman–Crippen LogP) is 3.11. The first-order valence-electron chi connectivity index (χ1n) is 8.02. The number of piperidine rings is 1. The maximum Gasteiger partial charge on any atom is 0.125 e. The maximum absolute atomic E-state index is 13.6. The summed E-state index contributed by atoms with van der Waals surface area (Å²) < 4.78 is 19.9. The zero-order valence-electron chi connectivity index (χ0n) is 13.0. The highest BCUT2D eigenvalue weighted by atomic mass is 19.1. The number of nitrogens with one attached hydrogen (secondary N) is 1. The molecule has 0 bridgehead atoms. The minimum atomic E-state index is -0.181. The zero-order chi connectivity index (χ0) is 14.9. The van der Waals surface area contributed by atoms with Gasteiger partial charge in [-0.05, 0) is 51.1 Å². The highest BCUT2D eigenvalue weighted by Crippen LogP contribution is 2.44. The van der Waals surface area contributed by atoms with Gasteiger partial charge < -0.3 is 15.0 Å². The molecule has 0 radical (unpaired) electrons. The average Bonchev–Trinajstić information content (AvgIpc) is 2.49. The number of benzene rings is 1. The summed E-state index contributed by atoms with van der Waals surface area (Å²) in [6, 6.07) is 5.13. The van der Waals surface area contributed by atoms with Gasteiger partial charge in [-0.1, -0.05) is 6.92 Å². The molecule has 0 aliphatic carbocycles. The van der Waals surface area contributed by atoms with Crippen molar-refractivity contribution < 1.29 is 9.13 Å². The van der Waals surface area contributed by atoms with E-state index in [4.69, 9.17) is 4.74 Å². The summed E-state index contributed by atoms with van der Waals surface area (Å²) in [5, 5.41) is 3.58. The van der Waals surface area contributed by atoms with Crippen LogP contribution in [0.2, 0.25) is 0 Å². The lowest BCUT2D eigenvalue weighted by Crippen LogP contribution is -2.51. The molecule has 1 fully saturated rings. The molecule has 2 aliphatic rings. The molecule has 1 aromatic carbocycles. The molecule has 0 aromatic heterocycles. The van der Waals surface area contributed by atoms with Crippen molar-refractivity contribution in [2.75, 3.05) is 26.7 Å². The second kappa shape index (κ2) is 5.93. The van der Waals surface area contributed by atoms with Gasteiger partial charge in [0.05, 0.1) is 0 Å². The van der Waals surface area contributed by atoms with E-state index in [0.29, 0.717) is 0 Å². The predicted molar refractivity (Wildman–Crippen MR) is 82.1 cm³/mol. The average molecular weight is 292 g/mol. The molecule has 0 amide bonds. The van der Waals surface area contributed by atoms with Gasteiger partial charge in [0.1, 0.15) is 17.2 Å². The summed E-state index contributed by atoms with van der Waals surface area (Å²) in [4.78, 5) is 2.35. The monoisotopic (exact) mass is 292 g/mol. The first kappa shape index (κ1) is 14.8. The van der Waals surface area contributed by atoms with Gasteiger partial charge in [-0.15, -0.1) is 0 Å². The minimum absolute atomic E-state index is 0.0806. The van der Waals surface area contributed by atoms with Crippen LogP contribution in [0, 0.1) is 5.82 Å². The van der Waals surface area contributed by atoms with E-state index in [0.717, 1.165) is 56.6 Å². The Hall–Kier alpha value is -1.13. The van der Waals surface area contributed by atoms with E-state index < -0.39 is 0 Å². The van der Waals surface area contributed by atoms with E-state index in [9.17, 15) is 4.39 Å². The summed E-state index contributed by atoms with van der Waals surface area (Å²) in [7, 11) is 2.16. The molecular weight excluding hydrogens is 267 g/mol. The second-order valence-electron chi connectivity index (χ2n) is 6.48. The summed E-state index contributed by atoms with van der Waals surface area (Å²) in [6.07, 6.45) is 4.12. The van der Waals surface area contributed by atoms with Crippen LogP contribution in [0.4, 0.5) is 4.39 Å². The summed E-state index contributed by atoms with van der Waals surface area (Å²) in [6.45, 7) is 5.24. The number of likely N-dealkylation sites (tertiary alicyclic amines) is 1. The molecule has 2 aliphatic heterocycles. The smallest absolute Gasteiger partial charge is 0.125 e. The lowest BCUT2D eigenvalue weighted by molar-refractivity contribution is -0.0203. The largest absolute Gasteiger partial charge is 0.487 e. The molecule has 1 spiro atoms. The molecule has 116 valence electrons. The Balaban J connectivity index is 1.87. The molecule has 1 N–H and O–H groups in total. The number of ether oxygens (including phenoxy) is 1. The number of hydrogen-bond donors (Lipinski definition) is 1. The molecule has 0 saturated carbocycles. The molecule has 3 nitrogen and oxygen atoms in total. The van der Waals surface area contributed by atoms with Crippen molar-refractivity contribution in [1.29, 1.82) is 0 Å². The topological polar surface area (TPSA) is 24.5 Å². The second-order valence-corrected chi connectivity index (χ2v) is 6.48. The fraction of sp³-hybridized carbons (Fsp3) is 0.647. The third-order valence-electron chi connectivity index (χ3n) is 4.79. The Morgan fingerprint density at radius 3 is 2.86 bits per heavy atom. The molecule has 3 rings (SSSR count). The lowest BCUT2D eigenvalue weighted by atomic mass is 9.80. The van der Waals surface area contributed by atoms with Gasteiger partial charge >= 0.3 is 0 Å². The Morgan fingerprint density at radius 1 is 1.38 bits per heavy atom. The van der Waals surface area contributed by atoms with Crippen molar-refractivity contribution in [2.24, 2.45) is 0 Å². The van der Waals surface area contributed by atoms with Gasteiger partial charge in [-0.2, -0.15) is 0 Å². The molecule has 21 heavy (non-hydrogen) atoms. The number of nitrogens with zero attached hydrogens (tertiary/aromatic N) is 1. The van der Waals surface area contributed by atoms with E-state index >= 15 is 0 Å². The van der Waals surface area contributed by atoms with Gasteiger partial charge in [0, 0.05) is 31.1 Å². The normalized spacial score (nSPS) is 24.6. The molecule has 1 atom stereocenters. The molecular formula is C17H25FN2O. The SMILES string of the molecule is CCCNC1CC2(CCN(C)CC2)Oc2ccc(F)cc21. The van der Waals surface area contributed by atoms with Crippen molar-refractivity contribution in [3.8, 4) is 5.75 Å². The minimum Gasteiger partial charge on any atom is -0.487 e. The van der Waals surface area contributed by atoms with Crippen molar-refractivity contribution in [1.82, 2.24) is 10.2 Å². The van der Waals surface area contributed by atoms with Gasteiger partial charge in [0.15, 0.2) is 0 Å². The summed E-state index contributed by atoms with van der Waals surface area (Å²) in [5.74, 6) is 0.681. The number of hydrogen-bond acceptors (Lipinski definition) is 3. The molecule has 4 heteroatoms. The molecule has 2 heterocycles. The van der Waals surface area contributed by atoms with Gasteiger partial charge in [-0.3, -0.25) is 0 Å². The fourth-order valence-electron chi connectivity index (χ4n) is 3.47. The Bertz CT molecular complexity index is 498. The lowest BCUT2D eigenvalue weighted by Gasteiger charge is -2.46. The van der Waals surface area contributed by atoms with Crippen LogP contribution >= 0.6 is 0 Å². The van der Waals surface area contributed by atoms with Gasteiger partial charge in [0.2, 0.25) is 0 Å². The van der Waals surface area contributed by atoms with Crippen LogP contribution in [0.25, 0.3) is 0 Å². The first-order valence-corrected chi connectivity index (χ1v) is 8.02. The molecule has 1 aromatic rings. The van der Waals surface area contributed by atoms with Crippen LogP contribution in [-0.4, -0.2) is 37.2 Å². The van der Waals surface area contributed by atoms with Crippen molar-refractivity contribution in [3.05, 3.63) is 29.6 Å². The molecule has 1 saturated heterocycles. The Labute approximate surface area is 126 Å². The fourth-order valence-corrected chi connectivity index (χ4v) is 3.47. The van der Waals surface area contributed by atoms with E-state index in [1.807, 2.05) is 0 Å². The van der Waals surface area contributed by atoms with E-state index in [-0.39, 0.29) is 17.5 Å². The van der Waals surface area contributed by atoms with Crippen LogP contribution < -0.4 is 10.1 Å². The zero-order valence-corrected chi connectivity index (χ0v) is 13.0. The van der Waals surface area contributed by atoms with Gasteiger partial charge in [0.25, 0.3) is 0 Å². The summed E-state index contributed by atoms with van der Waals surface area (Å²) >= 11 is 0. The highest BCUT2D eigenvalue weighted by molar-refractivity contribution is 5.39. The van der Waals surface area contributed by atoms with Crippen LogP contribution in [-0.2, 0) is 0 Å². The van der Waals surface area contributed by atoms with E-state index in [1.54, 1.807) is 12.1 Å². The van der Waals surface area contributed by atoms with Crippen molar-refractivity contribution in [3.63, 3.8) is 0 Å². The first-order chi connectivity index (χ1) is 10.1. The van der Waals surface area contributed by atoms with Crippen LogP contribution in [0.3, 0.4) is 0 Å². The quantitative estimate of drug-likeness (QED) is 0.926. The third kappa shape index (κ3) is 3.06. The number of fused-ring (bicyclic) bond motifs is 1. The van der Waals surface area contributed by atoms with Gasteiger partial charge in [-0.25, -0.2) is 4.39 Å². The standard InChI is InChI=1S/C17H25FN2O/c1-3-8-19-15-12-17(6-9-20(2)10-7-17)21-16-5-4-13(18)11-14(15)16/h4-5,11,15,19H,3,6-10,12H2,1-2H3. The van der Waals surface area contributed by atoms with E-state index in [1.165, 1.54) is 6.07 Å². The van der Waals surface area contributed by atoms with Crippen LogP contribution in [0.5, 0.6) is 5.75 Å². The van der Waals surface area contributed by atoms with Crippen LogP contribution in [0.1, 0.15) is 44.2 Å². The Kier molecular flexibility index (Phi) is 4.18. The van der Waals surface area contributed by atoms with Crippen molar-refractivity contribution >= 4 is 0 Å². The van der Waals surface area contributed by atoms with E-state index in [2.05, 4.69) is 24.2 Å². The maximum atomic E-state index is 13.6.